The van der Waals surface area contributed by atoms with E-state index in [1.54, 1.807) is 13.2 Å². The third kappa shape index (κ3) is 2.72. The summed E-state index contributed by atoms with van der Waals surface area (Å²) in [5, 5.41) is 7.87. The highest BCUT2D eigenvalue weighted by atomic mass is 15.4. The molecule has 4 heteroatoms. The maximum atomic E-state index is 5.66. The molecule has 0 aliphatic heterocycles. The monoisotopic (exact) mass is 164 g/mol. The van der Waals surface area contributed by atoms with Gasteiger partial charge in [-0.2, -0.15) is 9.90 Å². The molecule has 0 unspecified atom stereocenters. The van der Waals surface area contributed by atoms with Gasteiger partial charge in [0.1, 0.15) is 0 Å². The van der Waals surface area contributed by atoms with Gasteiger partial charge in [0.2, 0.25) is 0 Å². The first-order valence-corrected chi connectivity index (χ1v) is 3.66. The molecule has 1 heterocycles. The highest BCUT2D eigenvalue weighted by Crippen LogP contribution is 1.93. The molecule has 0 atom stereocenters. The fourth-order valence-electron chi connectivity index (χ4n) is 0.628. The zero-order chi connectivity index (χ0) is 9.19. The van der Waals surface area contributed by atoms with Gasteiger partial charge in [-0.05, 0) is 19.8 Å². The summed E-state index contributed by atoms with van der Waals surface area (Å²) in [5.41, 5.74) is 5.84. The van der Waals surface area contributed by atoms with Gasteiger partial charge in [-0.3, -0.25) is 0 Å². The van der Waals surface area contributed by atoms with Gasteiger partial charge in [0.05, 0.1) is 11.7 Å². The van der Waals surface area contributed by atoms with Gasteiger partial charge in [-0.1, -0.05) is 5.92 Å². The number of nitrogens with zero attached hydrogens (tertiary/aromatic N) is 3. The Kier molecular flexibility index (Phi) is 2.15. The first kappa shape index (κ1) is 8.75. The van der Waals surface area contributed by atoms with Crippen molar-refractivity contribution in [3.63, 3.8) is 0 Å². The number of nitrogens with two attached hydrogens (primary N) is 1. The molecule has 12 heavy (non-hydrogen) atoms. The van der Waals surface area contributed by atoms with Crippen LogP contribution in [-0.2, 0) is 7.05 Å². The lowest BCUT2D eigenvalue weighted by Gasteiger charge is -2.06. The summed E-state index contributed by atoms with van der Waals surface area (Å²) in [6, 6.07) is 0. The summed E-state index contributed by atoms with van der Waals surface area (Å²) in [7, 11) is 1.75. The average molecular weight is 164 g/mol. The van der Waals surface area contributed by atoms with E-state index in [2.05, 4.69) is 22.0 Å². The quantitative estimate of drug-likeness (QED) is 0.545. The van der Waals surface area contributed by atoms with Crippen LogP contribution in [0.25, 0.3) is 0 Å². The topological polar surface area (TPSA) is 56.7 Å². The third-order valence-corrected chi connectivity index (χ3v) is 1.11. The molecule has 0 bridgehead atoms. The van der Waals surface area contributed by atoms with Crippen molar-refractivity contribution in [2.24, 2.45) is 12.8 Å². The van der Waals surface area contributed by atoms with Gasteiger partial charge in [0.25, 0.3) is 0 Å². The van der Waals surface area contributed by atoms with Crippen molar-refractivity contribution >= 4 is 0 Å². The predicted octanol–water partition coefficient (Wildman–Crippen LogP) is -0.0961. The lowest BCUT2D eigenvalue weighted by molar-refractivity contribution is 0.651. The molecule has 64 valence electrons. The molecule has 0 spiro atoms. The molecule has 1 aromatic rings. The van der Waals surface area contributed by atoms with E-state index in [-0.39, 0.29) is 0 Å². The first-order valence-electron chi connectivity index (χ1n) is 3.66. The van der Waals surface area contributed by atoms with Crippen molar-refractivity contribution in [3.8, 4) is 11.8 Å². The van der Waals surface area contributed by atoms with E-state index in [0.29, 0.717) is 5.69 Å². The van der Waals surface area contributed by atoms with Crippen LogP contribution in [0.2, 0.25) is 0 Å². The fraction of sp³-hybridized carbons (Fsp3) is 0.500. The summed E-state index contributed by atoms with van der Waals surface area (Å²) in [6.45, 7) is 3.69. The molecule has 0 saturated heterocycles. The summed E-state index contributed by atoms with van der Waals surface area (Å²) in [6.07, 6.45) is 1.61. The number of hydrogen-bond acceptors (Lipinski definition) is 3. The Bertz CT molecular complexity index is 321. The van der Waals surface area contributed by atoms with E-state index in [9.17, 15) is 0 Å². The Morgan fingerprint density at radius 3 is 2.67 bits per heavy atom. The van der Waals surface area contributed by atoms with Crippen molar-refractivity contribution in [2.45, 2.75) is 19.4 Å². The largest absolute Gasteiger partial charge is 0.316 e. The second-order valence-electron chi connectivity index (χ2n) is 3.19. The van der Waals surface area contributed by atoms with E-state index in [4.69, 9.17) is 5.73 Å². The molecule has 4 nitrogen and oxygen atoms in total. The van der Waals surface area contributed by atoms with Crippen LogP contribution in [0.5, 0.6) is 0 Å². The molecule has 0 aliphatic rings. The maximum Gasteiger partial charge on any atom is 0.155 e. The Balaban J connectivity index is 2.80. The predicted molar refractivity (Wildman–Crippen MR) is 46.1 cm³/mol. The minimum atomic E-state index is -0.475. The van der Waals surface area contributed by atoms with Gasteiger partial charge in [-0.25, -0.2) is 0 Å². The van der Waals surface area contributed by atoms with Crippen LogP contribution in [0.1, 0.15) is 19.5 Å². The summed E-state index contributed by atoms with van der Waals surface area (Å²) in [4.78, 5) is 1.47. The molecular weight excluding hydrogens is 152 g/mol. The van der Waals surface area contributed by atoms with Crippen molar-refractivity contribution in [3.05, 3.63) is 11.9 Å². The Morgan fingerprint density at radius 2 is 2.25 bits per heavy atom. The second kappa shape index (κ2) is 2.95. The highest BCUT2D eigenvalue weighted by molar-refractivity contribution is 5.27. The number of hydrogen-bond donors (Lipinski definition) is 1. The molecule has 1 rings (SSSR count). The highest BCUT2D eigenvalue weighted by Gasteiger charge is 2.03. The number of aryl methyl sites for hydroxylation is 1. The van der Waals surface area contributed by atoms with E-state index in [0.717, 1.165) is 0 Å². The van der Waals surface area contributed by atoms with E-state index < -0.39 is 5.54 Å². The molecule has 0 saturated carbocycles. The van der Waals surface area contributed by atoms with Crippen LogP contribution in [0.15, 0.2) is 6.20 Å². The molecular formula is C8H12N4. The van der Waals surface area contributed by atoms with Crippen molar-refractivity contribution < 1.29 is 0 Å². The molecule has 0 aliphatic carbocycles. The zero-order valence-corrected chi connectivity index (χ0v) is 7.50. The lowest BCUT2D eigenvalue weighted by atomic mass is 10.1. The first-order chi connectivity index (χ1) is 5.47. The van der Waals surface area contributed by atoms with E-state index in [1.165, 1.54) is 4.80 Å². The van der Waals surface area contributed by atoms with Gasteiger partial charge < -0.3 is 5.73 Å². The number of rotatable bonds is 0. The maximum absolute atomic E-state index is 5.66. The fourth-order valence-corrected chi connectivity index (χ4v) is 0.628. The van der Waals surface area contributed by atoms with Crippen LogP contribution in [0.4, 0.5) is 0 Å². The van der Waals surface area contributed by atoms with Crippen molar-refractivity contribution in [1.82, 2.24) is 15.0 Å². The van der Waals surface area contributed by atoms with E-state index >= 15 is 0 Å². The van der Waals surface area contributed by atoms with Crippen LogP contribution >= 0.6 is 0 Å². The summed E-state index contributed by atoms with van der Waals surface area (Å²) >= 11 is 0. The van der Waals surface area contributed by atoms with Crippen LogP contribution in [0.3, 0.4) is 0 Å². The van der Waals surface area contributed by atoms with Gasteiger partial charge in [0.15, 0.2) is 5.69 Å². The number of aromatic nitrogens is 3. The van der Waals surface area contributed by atoms with Crippen molar-refractivity contribution in [2.75, 3.05) is 0 Å². The summed E-state index contributed by atoms with van der Waals surface area (Å²) < 4.78 is 0. The molecule has 0 fully saturated rings. The van der Waals surface area contributed by atoms with Crippen LogP contribution < -0.4 is 5.73 Å². The van der Waals surface area contributed by atoms with Crippen LogP contribution in [0, 0.1) is 11.8 Å². The standard InChI is InChI=1S/C8H12N4/c1-8(2,9)5-4-7-6-10-12(3)11-7/h6H,9H2,1-3H3. The molecule has 0 aromatic carbocycles. The Labute approximate surface area is 71.8 Å². The second-order valence-corrected chi connectivity index (χ2v) is 3.19. The zero-order valence-electron chi connectivity index (χ0n) is 7.50. The van der Waals surface area contributed by atoms with Crippen LogP contribution in [-0.4, -0.2) is 20.5 Å². The van der Waals surface area contributed by atoms with Gasteiger partial charge in [0, 0.05) is 7.05 Å². The smallest absolute Gasteiger partial charge is 0.155 e. The molecule has 0 radical (unpaired) electrons. The minimum Gasteiger partial charge on any atom is -0.316 e. The molecule has 0 amide bonds. The third-order valence-electron chi connectivity index (χ3n) is 1.11. The Hall–Kier alpha value is -1.34. The minimum absolute atomic E-state index is 0.475. The Morgan fingerprint density at radius 1 is 1.58 bits per heavy atom. The van der Waals surface area contributed by atoms with Crippen molar-refractivity contribution in [1.29, 1.82) is 0 Å². The van der Waals surface area contributed by atoms with Gasteiger partial charge >= 0.3 is 0 Å². The molecule has 2 N–H and O–H groups in total. The lowest BCUT2D eigenvalue weighted by Crippen LogP contribution is -2.29. The average Bonchev–Trinajstić information content (AvgIpc) is 2.30. The summed E-state index contributed by atoms with van der Waals surface area (Å²) in [5.74, 6) is 5.70. The van der Waals surface area contributed by atoms with Gasteiger partial charge in [-0.15, -0.1) is 5.10 Å². The molecule has 1 aromatic heterocycles. The van der Waals surface area contributed by atoms with E-state index in [1.807, 2.05) is 13.8 Å². The normalized spacial score (nSPS) is 10.7. The SMILES string of the molecule is Cn1ncc(C#CC(C)(C)N)n1.